The van der Waals surface area contributed by atoms with Crippen LogP contribution in [-0.4, -0.2) is 26.8 Å². The number of likely N-dealkylation sites (N-methyl/N-ethyl adjacent to an activating group) is 1. The van der Waals surface area contributed by atoms with Crippen molar-refractivity contribution in [3.63, 3.8) is 0 Å². The highest BCUT2D eigenvalue weighted by Gasteiger charge is 2.12. The predicted octanol–water partition coefficient (Wildman–Crippen LogP) is 2.38. The van der Waals surface area contributed by atoms with E-state index in [0.717, 1.165) is 12.3 Å². The van der Waals surface area contributed by atoms with Crippen molar-refractivity contribution in [2.45, 2.75) is 26.1 Å². The molecule has 0 bridgehead atoms. The summed E-state index contributed by atoms with van der Waals surface area (Å²) >= 11 is 0. The van der Waals surface area contributed by atoms with Crippen LogP contribution in [0.2, 0.25) is 0 Å². The van der Waals surface area contributed by atoms with Gasteiger partial charge in [-0.15, -0.1) is 0 Å². The summed E-state index contributed by atoms with van der Waals surface area (Å²) in [6.45, 7) is 4.91. The minimum atomic E-state index is 0.0934. The van der Waals surface area contributed by atoms with Gasteiger partial charge in [0, 0.05) is 6.54 Å². The van der Waals surface area contributed by atoms with Gasteiger partial charge in [0.05, 0.1) is 19.3 Å². The molecule has 0 unspecified atom stereocenters. The third kappa shape index (κ3) is 3.83. The maximum absolute atomic E-state index is 5.85. The van der Waals surface area contributed by atoms with Gasteiger partial charge in [-0.2, -0.15) is 0 Å². The zero-order valence-corrected chi connectivity index (χ0v) is 10.5. The van der Waals surface area contributed by atoms with Crippen LogP contribution in [0.3, 0.4) is 0 Å². The Morgan fingerprint density at radius 3 is 2.25 bits per heavy atom. The van der Waals surface area contributed by atoms with Crippen molar-refractivity contribution >= 4 is 0 Å². The van der Waals surface area contributed by atoms with Crippen LogP contribution in [0, 0.1) is 0 Å². The summed E-state index contributed by atoms with van der Waals surface area (Å²) < 4.78 is 11.0. The van der Waals surface area contributed by atoms with Crippen molar-refractivity contribution in [2.75, 3.05) is 20.7 Å². The summed E-state index contributed by atoms with van der Waals surface area (Å²) in [6, 6.07) is 8.01. The van der Waals surface area contributed by atoms with E-state index in [1.807, 2.05) is 45.2 Å². The molecule has 0 aliphatic carbocycles. The fraction of sp³-hybridized carbons (Fsp3) is 0.538. The first-order valence-corrected chi connectivity index (χ1v) is 5.61. The monoisotopic (exact) mass is 223 g/mol. The first kappa shape index (κ1) is 13.0. The van der Waals surface area contributed by atoms with Crippen LogP contribution in [0.5, 0.6) is 5.75 Å². The molecule has 0 fully saturated rings. The van der Waals surface area contributed by atoms with Crippen LogP contribution in [0.25, 0.3) is 0 Å². The fourth-order valence-corrected chi connectivity index (χ4v) is 1.58. The zero-order valence-electron chi connectivity index (χ0n) is 10.5. The smallest absolute Gasteiger partial charge is 0.118 e. The predicted molar refractivity (Wildman–Crippen MR) is 65.9 cm³/mol. The highest BCUT2D eigenvalue weighted by Crippen LogP contribution is 2.21. The van der Waals surface area contributed by atoms with E-state index in [-0.39, 0.29) is 12.2 Å². The van der Waals surface area contributed by atoms with E-state index >= 15 is 0 Å². The van der Waals surface area contributed by atoms with Crippen molar-refractivity contribution in [3.05, 3.63) is 29.8 Å². The van der Waals surface area contributed by atoms with Crippen LogP contribution < -0.4 is 10.1 Å². The second-order valence-electron chi connectivity index (χ2n) is 4.00. The molecular weight excluding hydrogens is 202 g/mol. The Morgan fingerprint density at radius 1 is 1.19 bits per heavy atom. The number of methoxy groups -OCH3 is 1. The number of benzene rings is 1. The van der Waals surface area contributed by atoms with Gasteiger partial charge in [-0.05, 0) is 38.6 Å². The molecule has 0 amide bonds. The fourth-order valence-electron chi connectivity index (χ4n) is 1.58. The highest BCUT2D eigenvalue weighted by atomic mass is 16.5. The molecular formula is C13H21NO2. The summed E-state index contributed by atoms with van der Waals surface area (Å²) in [4.78, 5) is 0. The lowest BCUT2D eigenvalue weighted by Gasteiger charge is -2.20. The van der Waals surface area contributed by atoms with E-state index in [1.54, 1.807) is 7.11 Å². The van der Waals surface area contributed by atoms with Crippen LogP contribution >= 0.6 is 0 Å². The molecule has 0 spiro atoms. The molecule has 0 aliphatic heterocycles. The van der Waals surface area contributed by atoms with Gasteiger partial charge in [0.15, 0.2) is 0 Å². The van der Waals surface area contributed by atoms with Crippen LogP contribution in [0.1, 0.15) is 25.5 Å². The van der Waals surface area contributed by atoms with Gasteiger partial charge in [0.1, 0.15) is 5.75 Å². The molecule has 1 aromatic carbocycles. The number of hydrogen-bond acceptors (Lipinski definition) is 3. The van der Waals surface area contributed by atoms with E-state index in [1.165, 1.54) is 5.56 Å². The van der Waals surface area contributed by atoms with Gasteiger partial charge in [-0.3, -0.25) is 0 Å². The molecule has 0 radical (unpaired) electrons. The molecule has 0 aliphatic rings. The second kappa shape index (κ2) is 6.51. The standard InChI is InChI=1S/C13H21NO2/c1-10(2)16-13(9-14-3)11-5-7-12(15-4)8-6-11/h5-8,10,13-14H,9H2,1-4H3/t13-/m0/s1. The Bertz CT molecular complexity index is 295. The first-order valence-electron chi connectivity index (χ1n) is 5.61. The normalized spacial score (nSPS) is 12.8. The Balaban J connectivity index is 2.75. The quantitative estimate of drug-likeness (QED) is 0.803. The molecule has 0 saturated carbocycles. The van der Waals surface area contributed by atoms with E-state index in [4.69, 9.17) is 9.47 Å². The Morgan fingerprint density at radius 2 is 1.81 bits per heavy atom. The van der Waals surface area contributed by atoms with E-state index in [9.17, 15) is 0 Å². The summed E-state index contributed by atoms with van der Waals surface area (Å²) in [5.41, 5.74) is 1.17. The van der Waals surface area contributed by atoms with Crippen molar-refractivity contribution in [2.24, 2.45) is 0 Å². The Kier molecular flexibility index (Phi) is 5.29. The van der Waals surface area contributed by atoms with Crippen molar-refractivity contribution in [3.8, 4) is 5.75 Å². The van der Waals surface area contributed by atoms with E-state index in [2.05, 4.69) is 5.32 Å². The molecule has 1 atom stereocenters. The molecule has 0 saturated heterocycles. The van der Waals surface area contributed by atoms with Gasteiger partial charge < -0.3 is 14.8 Å². The maximum atomic E-state index is 5.85. The molecule has 1 aromatic rings. The van der Waals surface area contributed by atoms with Crippen LogP contribution in [0.4, 0.5) is 0 Å². The van der Waals surface area contributed by atoms with Crippen molar-refractivity contribution < 1.29 is 9.47 Å². The first-order chi connectivity index (χ1) is 7.67. The number of nitrogens with one attached hydrogen (secondary N) is 1. The Hall–Kier alpha value is -1.06. The lowest BCUT2D eigenvalue weighted by Crippen LogP contribution is -2.22. The van der Waals surface area contributed by atoms with Gasteiger partial charge in [0.2, 0.25) is 0 Å². The summed E-state index contributed by atoms with van der Waals surface area (Å²) in [6.07, 6.45) is 0.316. The molecule has 0 aromatic heterocycles. The van der Waals surface area contributed by atoms with Crippen LogP contribution in [-0.2, 0) is 4.74 Å². The maximum Gasteiger partial charge on any atom is 0.118 e. The highest BCUT2D eigenvalue weighted by molar-refractivity contribution is 5.28. The number of hydrogen-bond donors (Lipinski definition) is 1. The third-order valence-electron chi connectivity index (χ3n) is 2.31. The van der Waals surface area contributed by atoms with Crippen LogP contribution in [0.15, 0.2) is 24.3 Å². The van der Waals surface area contributed by atoms with Gasteiger partial charge in [-0.25, -0.2) is 0 Å². The molecule has 1 N–H and O–H groups in total. The molecule has 0 heterocycles. The lowest BCUT2D eigenvalue weighted by atomic mass is 10.1. The summed E-state index contributed by atoms with van der Waals surface area (Å²) in [5, 5.41) is 3.14. The van der Waals surface area contributed by atoms with Crippen molar-refractivity contribution in [1.29, 1.82) is 0 Å². The second-order valence-corrected chi connectivity index (χ2v) is 4.00. The van der Waals surface area contributed by atoms with Gasteiger partial charge in [0.25, 0.3) is 0 Å². The average Bonchev–Trinajstić information content (AvgIpc) is 2.28. The minimum absolute atomic E-state index is 0.0934. The summed E-state index contributed by atoms with van der Waals surface area (Å²) in [5.74, 6) is 0.872. The largest absolute Gasteiger partial charge is 0.497 e. The molecule has 1 rings (SSSR count). The van der Waals surface area contributed by atoms with E-state index < -0.39 is 0 Å². The molecule has 16 heavy (non-hydrogen) atoms. The zero-order chi connectivity index (χ0) is 12.0. The van der Waals surface area contributed by atoms with E-state index in [0.29, 0.717) is 0 Å². The average molecular weight is 223 g/mol. The lowest BCUT2D eigenvalue weighted by molar-refractivity contribution is 0.00812. The topological polar surface area (TPSA) is 30.5 Å². The number of rotatable bonds is 6. The number of ether oxygens (including phenoxy) is 2. The molecule has 90 valence electrons. The van der Waals surface area contributed by atoms with Gasteiger partial charge >= 0.3 is 0 Å². The SMILES string of the molecule is CNC[C@H](OC(C)C)c1ccc(OC)cc1. The molecule has 3 nitrogen and oxygen atoms in total. The van der Waals surface area contributed by atoms with Crippen molar-refractivity contribution in [1.82, 2.24) is 5.32 Å². The minimum Gasteiger partial charge on any atom is -0.497 e. The molecule has 3 heteroatoms. The third-order valence-corrected chi connectivity index (χ3v) is 2.31. The Labute approximate surface area is 97.8 Å². The van der Waals surface area contributed by atoms with Gasteiger partial charge in [-0.1, -0.05) is 12.1 Å². The summed E-state index contributed by atoms with van der Waals surface area (Å²) in [7, 11) is 3.60.